The molecule has 0 unspecified atom stereocenters. The summed E-state index contributed by atoms with van der Waals surface area (Å²) in [5, 5.41) is 9.50. The van der Waals surface area contributed by atoms with Crippen LogP contribution in [0, 0.1) is 11.8 Å². The van der Waals surface area contributed by atoms with Crippen LogP contribution >= 0.6 is 0 Å². The number of amides is 2. The van der Waals surface area contributed by atoms with Gasteiger partial charge in [0.25, 0.3) is 0 Å². The topological polar surface area (TPSA) is 110 Å². The molecule has 0 aliphatic carbocycles. The summed E-state index contributed by atoms with van der Waals surface area (Å²) in [5.41, 5.74) is -1.27. The number of furan rings is 1. The predicted molar refractivity (Wildman–Crippen MR) is 114 cm³/mol. The number of esters is 1. The van der Waals surface area contributed by atoms with Crippen LogP contribution < -0.4 is 0 Å². The average Bonchev–Trinajstić information content (AvgIpc) is 3.37. The van der Waals surface area contributed by atoms with E-state index in [0.717, 1.165) is 6.42 Å². The van der Waals surface area contributed by atoms with Crippen molar-refractivity contribution in [2.24, 2.45) is 11.8 Å². The van der Waals surface area contributed by atoms with E-state index in [1.807, 2.05) is 13.8 Å². The van der Waals surface area contributed by atoms with E-state index in [1.54, 1.807) is 24.0 Å². The Kier molecular flexibility index (Phi) is 7.82. The highest BCUT2D eigenvalue weighted by Gasteiger charge is 2.63. The molecule has 0 radical (unpaired) electrons. The van der Waals surface area contributed by atoms with Crippen molar-refractivity contribution in [3.8, 4) is 0 Å². The molecule has 2 fully saturated rings. The van der Waals surface area contributed by atoms with Crippen molar-refractivity contribution >= 4 is 18.0 Å². The molecule has 9 heteroatoms. The van der Waals surface area contributed by atoms with E-state index < -0.39 is 29.6 Å². The molecule has 2 amide bonds. The van der Waals surface area contributed by atoms with Gasteiger partial charge in [-0.05, 0) is 50.7 Å². The number of aliphatic hydroxyl groups is 1. The van der Waals surface area contributed by atoms with Crippen LogP contribution in [-0.2, 0) is 19.1 Å². The Labute approximate surface area is 188 Å². The highest BCUT2D eigenvalue weighted by molar-refractivity contribution is 5.93. The van der Waals surface area contributed by atoms with Gasteiger partial charge in [0.05, 0.1) is 32.0 Å². The van der Waals surface area contributed by atoms with Gasteiger partial charge in [-0.2, -0.15) is 0 Å². The van der Waals surface area contributed by atoms with Gasteiger partial charge in [-0.15, -0.1) is 0 Å². The zero-order valence-electron chi connectivity index (χ0n) is 19.1. The fourth-order valence-corrected chi connectivity index (χ4v) is 4.83. The lowest BCUT2D eigenvalue weighted by molar-refractivity contribution is -0.149. The third-order valence-electron chi connectivity index (χ3n) is 6.16. The molecule has 3 atom stereocenters. The molecule has 32 heavy (non-hydrogen) atoms. The van der Waals surface area contributed by atoms with E-state index in [-0.39, 0.29) is 44.6 Å². The zero-order chi connectivity index (χ0) is 23.3. The number of likely N-dealkylation sites (tertiary alicyclic amines) is 2. The Bertz CT molecular complexity index is 794. The molecule has 2 aliphatic heterocycles. The maximum atomic E-state index is 13.8. The summed E-state index contributed by atoms with van der Waals surface area (Å²) in [6.45, 7) is 6.44. The van der Waals surface area contributed by atoms with Crippen LogP contribution in [0.25, 0.3) is 0 Å². The predicted octanol–water partition coefficient (Wildman–Crippen LogP) is 2.74. The van der Waals surface area contributed by atoms with Crippen LogP contribution in [-0.4, -0.2) is 71.3 Å². The van der Waals surface area contributed by atoms with E-state index in [1.165, 1.54) is 11.2 Å². The van der Waals surface area contributed by atoms with Gasteiger partial charge in [0.1, 0.15) is 17.3 Å². The monoisotopic (exact) mass is 450 g/mol. The molecular formula is C23H34N2O7. The second kappa shape index (κ2) is 10.4. The Morgan fingerprint density at radius 3 is 2.72 bits per heavy atom. The van der Waals surface area contributed by atoms with Crippen molar-refractivity contribution in [2.75, 3.05) is 32.9 Å². The molecule has 2 aliphatic rings. The molecule has 0 saturated carbocycles. The lowest BCUT2D eigenvalue weighted by Crippen LogP contribution is -2.58. The molecule has 1 N–H and O–H groups in total. The van der Waals surface area contributed by atoms with Gasteiger partial charge < -0.3 is 23.9 Å². The number of ether oxygens (including phenoxy) is 2. The van der Waals surface area contributed by atoms with Gasteiger partial charge in [-0.3, -0.25) is 14.5 Å². The van der Waals surface area contributed by atoms with Crippen molar-refractivity contribution in [2.45, 2.75) is 58.0 Å². The molecule has 3 rings (SSSR count). The summed E-state index contributed by atoms with van der Waals surface area (Å²) in [4.78, 5) is 43.3. The number of rotatable bonds is 7. The first-order valence-corrected chi connectivity index (χ1v) is 11.4. The van der Waals surface area contributed by atoms with Crippen molar-refractivity contribution in [1.82, 2.24) is 9.80 Å². The van der Waals surface area contributed by atoms with E-state index in [4.69, 9.17) is 13.9 Å². The second-order valence-corrected chi connectivity index (χ2v) is 8.87. The Balaban J connectivity index is 2.11. The van der Waals surface area contributed by atoms with Crippen molar-refractivity contribution in [3.63, 3.8) is 0 Å². The Morgan fingerprint density at radius 1 is 1.31 bits per heavy atom. The van der Waals surface area contributed by atoms with Crippen molar-refractivity contribution in [3.05, 3.63) is 24.2 Å². The number of hydrogen-bond donors (Lipinski definition) is 1. The fourth-order valence-electron chi connectivity index (χ4n) is 4.83. The summed E-state index contributed by atoms with van der Waals surface area (Å²) in [5.74, 6) is -0.999. The number of carbonyl (C=O) groups is 3. The van der Waals surface area contributed by atoms with E-state index in [2.05, 4.69) is 0 Å². The lowest BCUT2D eigenvalue weighted by atomic mass is 9.86. The minimum atomic E-state index is -1.27. The van der Waals surface area contributed by atoms with E-state index >= 15 is 0 Å². The first-order valence-electron chi connectivity index (χ1n) is 11.4. The number of hydrogen-bond acceptors (Lipinski definition) is 7. The number of β-amino-alcohol motifs (C(OH)–C–C–N with tert-alkyl or cyclic N) is 1. The highest BCUT2D eigenvalue weighted by atomic mass is 16.6. The van der Waals surface area contributed by atoms with Crippen LogP contribution in [0.2, 0.25) is 0 Å². The van der Waals surface area contributed by atoms with Gasteiger partial charge >= 0.3 is 12.1 Å². The van der Waals surface area contributed by atoms with Gasteiger partial charge in [0.15, 0.2) is 0 Å². The van der Waals surface area contributed by atoms with Gasteiger partial charge in [-0.25, -0.2) is 4.79 Å². The minimum absolute atomic E-state index is 0.108. The molecule has 9 nitrogen and oxygen atoms in total. The maximum Gasteiger partial charge on any atom is 0.411 e. The second-order valence-electron chi connectivity index (χ2n) is 8.87. The van der Waals surface area contributed by atoms with Crippen LogP contribution in [0.1, 0.15) is 58.3 Å². The molecule has 1 aromatic rings. The average molecular weight is 451 g/mol. The minimum Gasteiger partial charge on any atom is -0.467 e. The third-order valence-corrected chi connectivity index (χ3v) is 6.16. The van der Waals surface area contributed by atoms with Gasteiger partial charge in [0.2, 0.25) is 5.91 Å². The molecule has 1 spiro atoms. The largest absolute Gasteiger partial charge is 0.467 e. The van der Waals surface area contributed by atoms with E-state index in [9.17, 15) is 19.5 Å². The summed E-state index contributed by atoms with van der Waals surface area (Å²) in [6.07, 6.45) is 2.80. The summed E-state index contributed by atoms with van der Waals surface area (Å²) < 4.78 is 16.6. The zero-order valence-corrected chi connectivity index (χ0v) is 19.1. The van der Waals surface area contributed by atoms with E-state index in [0.29, 0.717) is 25.1 Å². The maximum absolute atomic E-state index is 13.8. The normalized spacial score (nSPS) is 26.0. The molecular weight excluding hydrogens is 416 g/mol. The summed E-state index contributed by atoms with van der Waals surface area (Å²) >= 11 is 0. The standard InChI is InChI=1S/C23H34N2O7/c1-4-30-20(27)17-14-23(9-5-6-10-24(11-12-26)21(23)28)25(22(29)32-15-16(2)3)19(17)18-8-7-13-31-18/h7-8,13,16-17,19,26H,4-6,9-12,14-15H2,1-3H3/t17-,19+,23-/m0/s1. The Hall–Kier alpha value is -2.55. The van der Waals surface area contributed by atoms with Crippen molar-refractivity contribution < 1.29 is 33.4 Å². The fraction of sp³-hybridized carbons (Fsp3) is 0.696. The Morgan fingerprint density at radius 2 is 2.09 bits per heavy atom. The summed E-state index contributed by atoms with van der Waals surface area (Å²) in [6, 6.07) is 2.57. The molecule has 178 valence electrons. The smallest absolute Gasteiger partial charge is 0.411 e. The number of aliphatic hydroxyl groups excluding tert-OH is 1. The molecule has 0 aromatic carbocycles. The van der Waals surface area contributed by atoms with Gasteiger partial charge in [-0.1, -0.05) is 13.8 Å². The third kappa shape index (κ3) is 4.62. The summed E-state index contributed by atoms with van der Waals surface area (Å²) in [7, 11) is 0. The number of carbonyl (C=O) groups excluding carboxylic acids is 3. The molecule has 0 bridgehead atoms. The van der Waals surface area contributed by atoms with Crippen LogP contribution in [0.4, 0.5) is 4.79 Å². The number of nitrogens with zero attached hydrogens (tertiary/aromatic N) is 2. The van der Waals surface area contributed by atoms with Crippen LogP contribution in [0.3, 0.4) is 0 Å². The van der Waals surface area contributed by atoms with Crippen LogP contribution in [0.15, 0.2) is 22.8 Å². The first-order chi connectivity index (χ1) is 15.4. The molecule has 3 heterocycles. The molecule has 1 aromatic heterocycles. The first kappa shape index (κ1) is 24.1. The van der Waals surface area contributed by atoms with Crippen LogP contribution in [0.5, 0.6) is 0 Å². The van der Waals surface area contributed by atoms with Gasteiger partial charge in [0, 0.05) is 13.1 Å². The lowest BCUT2D eigenvalue weighted by Gasteiger charge is -2.40. The molecule has 2 saturated heterocycles. The highest BCUT2D eigenvalue weighted by Crippen LogP contribution is 2.51. The SMILES string of the molecule is CCOC(=O)[C@H]1C[C@]2(CCCCN(CCO)C2=O)N(C(=O)OCC(C)C)[C@H]1c1ccco1. The van der Waals surface area contributed by atoms with Crippen molar-refractivity contribution in [1.29, 1.82) is 0 Å². The quantitative estimate of drug-likeness (QED) is 0.636.